The van der Waals surface area contributed by atoms with Gasteiger partial charge in [-0.2, -0.15) is 35.9 Å². The molecule has 9 heavy (non-hydrogen) atoms. The first-order valence-electron chi connectivity index (χ1n) is 2.33. The predicted molar refractivity (Wildman–Crippen MR) is 35.8 cm³/mol. The molecule has 0 spiro atoms. The van der Waals surface area contributed by atoms with Gasteiger partial charge in [0.15, 0.2) is 0 Å². The molecular weight excluding hydrogens is 188 g/mol. The van der Waals surface area contributed by atoms with E-state index in [1.165, 1.54) is 5.56 Å². The number of aryl methyl sites for hydroxylation is 1. The Morgan fingerprint density at radius 2 is 2.00 bits per heavy atom. The summed E-state index contributed by atoms with van der Waals surface area (Å²) in [5, 5.41) is 0. The second-order valence-electron chi connectivity index (χ2n) is 1.55. The third-order valence-electron chi connectivity index (χ3n) is 0.865. The van der Waals surface area contributed by atoms with Gasteiger partial charge in [0.05, 0.1) is 0 Å². The van der Waals surface area contributed by atoms with Gasteiger partial charge in [-0.05, 0) is 0 Å². The molecule has 0 aliphatic heterocycles. The van der Waals surface area contributed by atoms with E-state index in [-0.39, 0.29) is 40.0 Å². The van der Waals surface area contributed by atoms with Crippen LogP contribution in [0.5, 0.6) is 0 Å². The van der Waals surface area contributed by atoms with Crippen molar-refractivity contribution in [2.75, 3.05) is 0 Å². The molecular formula is C7H7BrMg. The van der Waals surface area contributed by atoms with Gasteiger partial charge in [-0.3, -0.25) is 0 Å². The van der Waals surface area contributed by atoms with Crippen molar-refractivity contribution in [3.05, 3.63) is 35.9 Å². The van der Waals surface area contributed by atoms with Gasteiger partial charge >= 0.3 is 23.1 Å². The average Bonchev–Trinajstić information content (AvgIpc) is 1.69. The molecule has 0 unspecified atom stereocenters. The zero-order valence-corrected chi connectivity index (χ0v) is 8.39. The molecule has 0 fully saturated rings. The summed E-state index contributed by atoms with van der Waals surface area (Å²) in [6.45, 7) is 2.03. The first-order valence-corrected chi connectivity index (χ1v) is 2.33. The van der Waals surface area contributed by atoms with Crippen LogP contribution in [0.1, 0.15) is 5.56 Å². The number of rotatable bonds is 0. The number of halogens is 1. The fourth-order valence-electron chi connectivity index (χ4n) is 0.483. The van der Waals surface area contributed by atoms with Crippen molar-refractivity contribution in [3.63, 3.8) is 0 Å². The van der Waals surface area contributed by atoms with Gasteiger partial charge in [0.25, 0.3) is 0 Å². The van der Waals surface area contributed by atoms with Gasteiger partial charge in [-0.15, -0.1) is 0 Å². The van der Waals surface area contributed by atoms with Crippen LogP contribution in [0.3, 0.4) is 0 Å². The molecule has 0 atom stereocenters. The Kier molecular flexibility index (Phi) is 8.90. The predicted octanol–water partition coefficient (Wildman–Crippen LogP) is -1.58. The summed E-state index contributed by atoms with van der Waals surface area (Å²) in [5.41, 5.74) is 1.20. The molecule has 0 N–H and O–H groups in total. The van der Waals surface area contributed by atoms with E-state index in [2.05, 4.69) is 6.07 Å². The molecule has 1 aromatic rings. The van der Waals surface area contributed by atoms with Gasteiger partial charge in [0.1, 0.15) is 0 Å². The molecule has 2 heteroatoms. The van der Waals surface area contributed by atoms with Crippen molar-refractivity contribution in [2.24, 2.45) is 0 Å². The minimum atomic E-state index is 0. The van der Waals surface area contributed by atoms with Crippen LogP contribution in [0.4, 0.5) is 0 Å². The second-order valence-corrected chi connectivity index (χ2v) is 1.55. The molecule has 0 radical (unpaired) electrons. The zero-order chi connectivity index (χ0) is 5.11. The van der Waals surface area contributed by atoms with Crippen LogP contribution in [-0.2, 0) is 0 Å². The van der Waals surface area contributed by atoms with Crippen LogP contribution in [0.25, 0.3) is 0 Å². The summed E-state index contributed by atoms with van der Waals surface area (Å²) < 4.78 is 0. The van der Waals surface area contributed by atoms with Gasteiger partial charge < -0.3 is 17.0 Å². The normalized spacial score (nSPS) is 6.78. The largest absolute Gasteiger partial charge is 2.00 e. The number of hydrogen-bond acceptors (Lipinski definition) is 0. The van der Waals surface area contributed by atoms with Crippen molar-refractivity contribution < 1.29 is 17.0 Å². The van der Waals surface area contributed by atoms with Crippen LogP contribution < -0.4 is 17.0 Å². The molecule has 0 aliphatic rings. The number of hydrogen-bond donors (Lipinski definition) is 0. The molecule has 0 nitrogen and oxygen atoms in total. The quantitative estimate of drug-likeness (QED) is 0.346. The Morgan fingerprint density at radius 3 is 2.22 bits per heavy atom. The van der Waals surface area contributed by atoms with E-state index in [1.807, 2.05) is 31.2 Å². The minimum absolute atomic E-state index is 0. The molecule has 0 aliphatic carbocycles. The van der Waals surface area contributed by atoms with E-state index in [0.717, 1.165) is 0 Å². The monoisotopic (exact) mass is 194 g/mol. The Labute approximate surface area is 82.6 Å². The molecule has 44 valence electrons. The first kappa shape index (κ1) is 12.2. The molecule has 0 heterocycles. The molecule has 0 amide bonds. The van der Waals surface area contributed by atoms with Gasteiger partial charge in [0.2, 0.25) is 0 Å². The summed E-state index contributed by atoms with van der Waals surface area (Å²) in [4.78, 5) is 0. The Balaban J connectivity index is 0. The maximum absolute atomic E-state index is 3.03. The van der Waals surface area contributed by atoms with Crippen molar-refractivity contribution >= 4 is 23.1 Å². The molecule has 0 saturated carbocycles. The van der Waals surface area contributed by atoms with Crippen molar-refractivity contribution in [1.29, 1.82) is 0 Å². The SMILES string of the molecule is Cc1[c-]cccc1.[Br-].[Mg+2]. The zero-order valence-electron chi connectivity index (χ0n) is 5.39. The summed E-state index contributed by atoms with van der Waals surface area (Å²) >= 11 is 0. The van der Waals surface area contributed by atoms with Gasteiger partial charge in [-0.1, -0.05) is 6.92 Å². The summed E-state index contributed by atoms with van der Waals surface area (Å²) in [5.74, 6) is 0. The van der Waals surface area contributed by atoms with Crippen molar-refractivity contribution in [2.45, 2.75) is 6.92 Å². The van der Waals surface area contributed by atoms with E-state index < -0.39 is 0 Å². The summed E-state index contributed by atoms with van der Waals surface area (Å²) in [7, 11) is 0. The topological polar surface area (TPSA) is 0 Å². The maximum atomic E-state index is 3.03. The summed E-state index contributed by atoms with van der Waals surface area (Å²) in [6.07, 6.45) is 0. The van der Waals surface area contributed by atoms with E-state index in [0.29, 0.717) is 0 Å². The second kappa shape index (κ2) is 6.58. The summed E-state index contributed by atoms with van der Waals surface area (Å²) in [6, 6.07) is 10.9. The molecule has 1 aromatic carbocycles. The smallest absolute Gasteiger partial charge is 1.00 e. The molecule has 0 saturated heterocycles. The standard InChI is InChI=1S/C7H7.BrH.Mg/c1-7-5-3-2-4-6-7;;/h2-5H,1H3;1H;/q-1;;+2/p-1. The van der Waals surface area contributed by atoms with Gasteiger partial charge in [-0.25, -0.2) is 0 Å². The van der Waals surface area contributed by atoms with E-state index in [1.54, 1.807) is 0 Å². The third kappa shape index (κ3) is 4.94. The van der Waals surface area contributed by atoms with E-state index >= 15 is 0 Å². The fraction of sp³-hybridized carbons (Fsp3) is 0.143. The van der Waals surface area contributed by atoms with Crippen molar-refractivity contribution in [3.8, 4) is 0 Å². The minimum Gasteiger partial charge on any atom is -1.00 e. The van der Waals surface area contributed by atoms with Crippen molar-refractivity contribution in [1.82, 2.24) is 0 Å². The Morgan fingerprint density at radius 1 is 1.33 bits per heavy atom. The van der Waals surface area contributed by atoms with E-state index in [4.69, 9.17) is 0 Å². The van der Waals surface area contributed by atoms with Crippen LogP contribution in [0.15, 0.2) is 24.3 Å². The van der Waals surface area contributed by atoms with Crippen LogP contribution in [0, 0.1) is 13.0 Å². The van der Waals surface area contributed by atoms with Gasteiger partial charge in [0, 0.05) is 0 Å². The Hall–Kier alpha value is 0.466. The van der Waals surface area contributed by atoms with E-state index in [9.17, 15) is 0 Å². The third-order valence-corrected chi connectivity index (χ3v) is 0.865. The van der Waals surface area contributed by atoms with Crippen LogP contribution >= 0.6 is 0 Å². The molecule has 0 bridgehead atoms. The molecule has 1 rings (SSSR count). The average molecular weight is 195 g/mol. The first-order chi connectivity index (χ1) is 3.39. The Bertz CT molecular complexity index is 139. The fourth-order valence-corrected chi connectivity index (χ4v) is 0.483. The van der Waals surface area contributed by atoms with Crippen LogP contribution in [-0.4, -0.2) is 23.1 Å². The van der Waals surface area contributed by atoms with Crippen LogP contribution in [0.2, 0.25) is 0 Å². The number of benzene rings is 1. The molecule has 0 aromatic heterocycles. The maximum Gasteiger partial charge on any atom is 2.00 e.